The van der Waals surface area contributed by atoms with E-state index >= 15 is 0 Å². The van der Waals surface area contributed by atoms with Gasteiger partial charge in [0.25, 0.3) is 0 Å². The molecule has 128 valence electrons. The standard InChI is InChI=1S/C20H20N2O3/c1-3-17(15-22-9-2-8-21-22)13-18(4-1)23-10-7-16-5-6-19-20(14-16)25-12-11-24-19/h1-6,8-9,13-14H,7,10-12,15H2. The second kappa shape index (κ2) is 7.30. The van der Waals surface area contributed by atoms with E-state index in [-0.39, 0.29) is 0 Å². The Kier molecular flexibility index (Phi) is 4.55. The zero-order valence-electron chi connectivity index (χ0n) is 13.9. The van der Waals surface area contributed by atoms with Crippen molar-refractivity contribution < 1.29 is 14.2 Å². The molecule has 0 amide bonds. The molecule has 3 aromatic rings. The summed E-state index contributed by atoms with van der Waals surface area (Å²) < 4.78 is 19.0. The van der Waals surface area contributed by atoms with Gasteiger partial charge in [0.15, 0.2) is 11.5 Å². The van der Waals surface area contributed by atoms with E-state index in [1.807, 2.05) is 41.2 Å². The maximum atomic E-state index is 5.91. The highest BCUT2D eigenvalue weighted by Crippen LogP contribution is 2.30. The summed E-state index contributed by atoms with van der Waals surface area (Å²) in [6, 6.07) is 16.1. The van der Waals surface area contributed by atoms with Crippen molar-refractivity contribution in [1.82, 2.24) is 9.78 Å². The molecule has 5 heteroatoms. The van der Waals surface area contributed by atoms with E-state index in [4.69, 9.17) is 14.2 Å². The Balaban J connectivity index is 1.34. The molecule has 0 bridgehead atoms. The van der Waals surface area contributed by atoms with E-state index in [1.165, 1.54) is 11.1 Å². The lowest BCUT2D eigenvalue weighted by molar-refractivity contribution is 0.171. The average molecular weight is 336 g/mol. The van der Waals surface area contributed by atoms with Crippen molar-refractivity contribution in [2.45, 2.75) is 13.0 Å². The second-order valence-electron chi connectivity index (χ2n) is 5.93. The summed E-state index contributed by atoms with van der Waals surface area (Å²) in [7, 11) is 0. The molecular weight excluding hydrogens is 316 g/mol. The van der Waals surface area contributed by atoms with Gasteiger partial charge in [0, 0.05) is 18.8 Å². The number of hydrogen-bond acceptors (Lipinski definition) is 4. The van der Waals surface area contributed by atoms with Gasteiger partial charge in [-0.3, -0.25) is 4.68 Å². The van der Waals surface area contributed by atoms with Gasteiger partial charge < -0.3 is 14.2 Å². The Morgan fingerprint density at radius 1 is 0.960 bits per heavy atom. The fourth-order valence-corrected chi connectivity index (χ4v) is 2.84. The molecule has 0 saturated carbocycles. The van der Waals surface area contributed by atoms with E-state index in [0.29, 0.717) is 19.8 Å². The van der Waals surface area contributed by atoms with Crippen LogP contribution in [0.25, 0.3) is 0 Å². The van der Waals surface area contributed by atoms with Crippen LogP contribution in [0.2, 0.25) is 0 Å². The predicted molar refractivity (Wildman–Crippen MR) is 94.4 cm³/mol. The molecule has 0 atom stereocenters. The highest BCUT2D eigenvalue weighted by molar-refractivity contribution is 5.43. The highest BCUT2D eigenvalue weighted by Gasteiger charge is 2.11. The first kappa shape index (κ1) is 15.6. The van der Waals surface area contributed by atoms with Crippen LogP contribution in [0.15, 0.2) is 60.9 Å². The van der Waals surface area contributed by atoms with E-state index in [9.17, 15) is 0 Å². The topological polar surface area (TPSA) is 45.5 Å². The SMILES string of the molecule is c1cc(Cn2cccn2)cc(OCCc2ccc3c(c2)OCCO3)c1. The van der Waals surface area contributed by atoms with Gasteiger partial charge in [0.1, 0.15) is 19.0 Å². The molecule has 0 saturated heterocycles. The predicted octanol–water partition coefficient (Wildman–Crippen LogP) is 3.32. The third kappa shape index (κ3) is 3.94. The molecule has 4 rings (SSSR count). The number of hydrogen-bond donors (Lipinski definition) is 0. The third-order valence-electron chi connectivity index (χ3n) is 4.07. The highest BCUT2D eigenvalue weighted by atomic mass is 16.6. The van der Waals surface area contributed by atoms with Crippen molar-refractivity contribution >= 4 is 0 Å². The zero-order valence-corrected chi connectivity index (χ0v) is 13.9. The van der Waals surface area contributed by atoms with Gasteiger partial charge in [-0.05, 0) is 41.5 Å². The lowest BCUT2D eigenvalue weighted by Gasteiger charge is -2.18. The molecule has 0 unspecified atom stereocenters. The largest absolute Gasteiger partial charge is 0.493 e. The Morgan fingerprint density at radius 2 is 1.88 bits per heavy atom. The van der Waals surface area contributed by atoms with Crippen LogP contribution in [0.3, 0.4) is 0 Å². The summed E-state index contributed by atoms with van der Waals surface area (Å²) >= 11 is 0. The molecular formula is C20H20N2O3. The third-order valence-corrected chi connectivity index (χ3v) is 4.07. The Bertz CT molecular complexity index is 831. The molecule has 0 radical (unpaired) electrons. The molecule has 1 aliphatic heterocycles. The molecule has 0 aliphatic carbocycles. The van der Waals surface area contributed by atoms with E-state index < -0.39 is 0 Å². The Morgan fingerprint density at radius 3 is 2.76 bits per heavy atom. The van der Waals surface area contributed by atoms with Gasteiger partial charge >= 0.3 is 0 Å². The molecule has 0 fully saturated rings. The number of benzene rings is 2. The first-order valence-electron chi connectivity index (χ1n) is 8.44. The van der Waals surface area contributed by atoms with Gasteiger partial charge in [-0.1, -0.05) is 18.2 Å². The molecule has 2 heterocycles. The van der Waals surface area contributed by atoms with Gasteiger partial charge in [-0.25, -0.2) is 0 Å². The maximum absolute atomic E-state index is 5.91. The summed E-state index contributed by atoms with van der Waals surface area (Å²) in [4.78, 5) is 0. The molecule has 25 heavy (non-hydrogen) atoms. The molecule has 1 aromatic heterocycles. The van der Waals surface area contributed by atoms with Crippen LogP contribution in [-0.2, 0) is 13.0 Å². The number of rotatable bonds is 6. The lowest BCUT2D eigenvalue weighted by Crippen LogP contribution is -2.15. The first-order chi connectivity index (χ1) is 12.4. The molecule has 2 aromatic carbocycles. The molecule has 0 spiro atoms. The molecule has 0 N–H and O–H groups in total. The number of ether oxygens (including phenoxy) is 3. The van der Waals surface area contributed by atoms with Gasteiger partial charge in [0.2, 0.25) is 0 Å². The van der Waals surface area contributed by atoms with Gasteiger partial charge in [-0.2, -0.15) is 5.10 Å². The molecule has 5 nitrogen and oxygen atoms in total. The lowest BCUT2D eigenvalue weighted by atomic mass is 10.1. The van der Waals surface area contributed by atoms with E-state index in [1.54, 1.807) is 6.20 Å². The maximum Gasteiger partial charge on any atom is 0.161 e. The summed E-state index contributed by atoms with van der Waals surface area (Å²) in [6.07, 6.45) is 4.56. The fourth-order valence-electron chi connectivity index (χ4n) is 2.84. The van der Waals surface area contributed by atoms with Crippen molar-refractivity contribution in [2.24, 2.45) is 0 Å². The number of nitrogens with zero attached hydrogens (tertiary/aromatic N) is 2. The quantitative estimate of drug-likeness (QED) is 0.693. The van der Waals surface area contributed by atoms with Crippen molar-refractivity contribution in [3.05, 3.63) is 72.1 Å². The van der Waals surface area contributed by atoms with Crippen LogP contribution in [0.4, 0.5) is 0 Å². The minimum Gasteiger partial charge on any atom is -0.493 e. The Hall–Kier alpha value is -2.95. The zero-order chi connectivity index (χ0) is 16.9. The van der Waals surface area contributed by atoms with Crippen molar-refractivity contribution in [3.63, 3.8) is 0 Å². The van der Waals surface area contributed by atoms with E-state index in [0.717, 1.165) is 30.2 Å². The average Bonchev–Trinajstić information content (AvgIpc) is 3.15. The first-order valence-corrected chi connectivity index (χ1v) is 8.44. The van der Waals surface area contributed by atoms with Crippen LogP contribution in [0, 0.1) is 0 Å². The minimum absolute atomic E-state index is 0.607. The normalized spacial score (nSPS) is 12.8. The summed E-state index contributed by atoms with van der Waals surface area (Å²) in [5.41, 5.74) is 2.34. The van der Waals surface area contributed by atoms with Crippen molar-refractivity contribution in [2.75, 3.05) is 19.8 Å². The van der Waals surface area contributed by atoms with Crippen LogP contribution in [0.1, 0.15) is 11.1 Å². The molecule has 1 aliphatic rings. The van der Waals surface area contributed by atoms with Crippen LogP contribution in [0.5, 0.6) is 17.2 Å². The number of aromatic nitrogens is 2. The van der Waals surface area contributed by atoms with Crippen LogP contribution >= 0.6 is 0 Å². The summed E-state index contributed by atoms with van der Waals surface area (Å²) in [5, 5.41) is 4.23. The van der Waals surface area contributed by atoms with Crippen LogP contribution in [-0.4, -0.2) is 29.6 Å². The Labute approximate surface area is 146 Å². The number of fused-ring (bicyclic) bond motifs is 1. The van der Waals surface area contributed by atoms with Gasteiger partial charge in [0.05, 0.1) is 13.2 Å². The minimum atomic E-state index is 0.607. The smallest absolute Gasteiger partial charge is 0.161 e. The summed E-state index contributed by atoms with van der Waals surface area (Å²) in [5.74, 6) is 2.52. The van der Waals surface area contributed by atoms with Crippen LogP contribution < -0.4 is 14.2 Å². The monoisotopic (exact) mass is 336 g/mol. The van der Waals surface area contributed by atoms with Crippen molar-refractivity contribution in [1.29, 1.82) is 0 Å². The van der Waals surface area contributed by atoms with Crippen molar-refractivity contribution in [3.8, 4) is 17.2 Å². The summed E-state index contributed by atoms with van der Waals surface area (Å²) in [6.45, 7) is 2.58. The van der Waals surface area contributed by atoms with E-state index in [2.05, 4.69) is 23.3 Å². The van der Waals surface area contributed by atoms with Gasteiger partial charge in [-0.15, -0.1) is 0 Å². The fraction of sp³-hybridized carbons (Fsp3) is 0.250. The second-order valence-corrected chi connectivity index (χ2v) is 5.93.